The Kier molecular flexibility index (Phi) is 8.63. The van der Waals surface area contributed by atoms with Crippen LogP contribution in [0.15, 0.2) is 0 Å². The van der Waals surface area contributed by atoms with Crippen LogP contribution in [-0.4, -0.2) is 47.6 Å². The van der Waals surface area contributed by atoms with Crippen molar-refractivity contribution in [1.82, 2.24) is 0 Å². The summed E-state index contributed by atoms with van der Waals surface area (Å²) in [5.41, 5.74) is 0. The zero-order valence-electron chi connectivity index (χ0n) is 12.3. The maximum absolute atomic E-state index is 13.4. The third-order valence-electron chi connectivity index (χ3n) is 2.22. The van der Waals surface area contributed by atoms with Crippen LogP contribution in [0.2, 0.25) is 0 Å². The van der Waals surface area contributed by atoms with E-state index >= 15 is 0 Å². The van der Waals surface area contributed by atoms with Gasteiger partial charge in [0.1, 0.15) is 5.97 Å². The van der Waals surface area contributed by atoms with Gasteiger partial charge in [0.05, 0.1) is 0 Å². The predicted molar refractivity (Wildman–Crippen MR) is 47.7 cm³/mol. The summed E-state index contributed by atoms with van der Waals surface area (Å²) < 4.78 is 179. The summed E-state index contributed by atoms with van der Waals surface area (Å²) in [4.78, 5) is 9.74. The van der Waals surface area contributed by atoms with Gasteiger partial charge in [0.15, 0.2) is 0 Å². The van der Waals surface area contributed by atoms with Crippen molar-refractivity contribution in [1.29, 1.82) is 0 Å². The Hall–Kier alpha value is -0.300. The number of hydrogen-bond acceptors (Lipinski definition) is 4. The fraction of sp³-hybridized carbons (Fsp3) is 0.875. The van der Waals surface area contributed by atoms with Crippen molar-refractivity contribution in [2.75, 3.05) is 0 Å². The van der Waals surface area contributed by atoms with Gasteiger partial charge < -0.3 is 9.90 Å². The van der Waals surface area contributed by atoms with Gasteiger partial charge in [0.2, 0.25) is 0 Å². The SMILES string of the molecule is O=C([O-])C(F)(F)OC(F)(C(F)(F)F)C(F)(F)OC(F)(F)C(F)(Cl)C(F)(F)F.[Na+]. The molecule has 0 rings (SSSR count). The second-order valence-electron chi connectivity index (χ2n) is 4.21. The van der Waals surface area contributed by atoms with E-state index < -0.39 is 47.6 Å². The summed E-state index contributed by atoms with van der Waals surface area (Å²) in [6, 6.07) is 0. The van der Waals surface area contributed by atoms with Crippen LogP contribution in [0.25, 0.3) is 0 Å². The number of carbonyl (C=O) groups excluding carboxylic acids is 1. The number of ether oxygens (including phenoxy) is 2. The number of carbonyl (C=O) groups is 1. The molecule has 4 nitrogen and oxygen atoms in total. The van der Waals surface area contributed by atoms with Crippen molar-refractivity contribution in [3.05, 3.63) is 0 Å². The molecular weight excluding hydrogens is 484 g/mol. The van der Waals surface area contributed by atoms with Crippen LogP contribution in [0.5, 0.6) is 0 Å². The molecule has 0 aromatic heterocycles. The molecule has 0 radical (unpaired) electrons. The van der Waals surface area contributed by atoms with Gasteiger partial charge in [0.25, 0.3) is 0 Å². The predicted octanol–water partition coefficient (Wildman–Crippen LogP) is 0.247. The number of rotatable bonds is 7. The molecule has 0 bridgehead atoms. The summed E-state index contributed by atoms with van der Waals surface area (Å²) in [5.74, 6) is -11.7. The topological polar surface area (TPSA) is 58.6 Å². The van der Waals surface area contributed by atoms with Crippen molar-refractivity contribution in [3.8, 4) is 0 Å². The molecule has 0 spiro atoms. The van der Waals surface area contributed by atoms with Gasteiger partial charge in [-0.2, -0.15) is 57.1 Å². The Morgan fingerprint density at radius 3 is 1.29 bits per heavy atom. The first-order chi connectivity index (χ1) is 11.4. The molecule has 0 aromatic rings. The van der Waals surface area contributed by atoms with Crippen LogP contribution in [0.1, 0.15) is 0 Å². The van der Waals surface area contributed by atoms with Crippen LogP contribution < -0.4 is 34.7 Å². The van der Waals surface area contributed by atoms with Crippen LogP contribution in [0.3, 0.4) is 0 Å². The monoisotopic (exact) mass is 484 g/mol. The molecule has 0 saturated heterocycles. The van der Waals surface area contributed by atoms with E-state index in [1.54, 1.807) is 4.74 Å². The van der Waals surface area contributed by atoms with E-state index in [-0.39, 0.29) is 29.6 Å². The number of aliphatic carboxylic acids is 1. The molecule has 0 fully saturated rings. The van der Waals surface area contributed by atoms with E-state index in [0.717, 1.165) is 0 Å². The van der Waals surface area contributed by atoms with Gasteiger partial charge in [-0.3, -0.25) is 4.74 Å². The van der Waals surface area contributed by atoms with Crippen molar-refractivity contribution >= 4 is 17.6 Å². The third-order valence-corrected chi connectivity index (χ3v) is 2.66. The van der Waals surface area contributed by atoms with Crippen molar-refractivity contribution in [2.45, 2.75) is 41.7 Å². The van der Waals surface area contributed by atoms with Gasteiger partial charge in [-0.15, -0.1) is 0 Å². The Balaban J connectivity index is 0. The molecule has 0 aliphatic heterocycles. The second kappa shape index (κ2) is 8.09. The summed E-state index contributed by atoms with van der Waals surface area (Å²) in [7, 11) is 0. The van der Waals surface area contributed by atoms with Crippen LogP contribution >= 0.6 is 11.6 Å². The molecule has 0 heterocycles. The molecule has 0 aliphatic carbocycles. The molecule has 0 saturated carbocycles. The van der Waals surface area contributed by atoms with Gasteiger partial charge in [-0.1, -0.05) is 11.6 Å². The van der Waals surface area contributed by atoms with Crippen LogP contribution in [-0.2, 0) is 14.3 Å². The minimum absolute atomic E-state index is 0. The molecular formula is C8ClF14NaO4. The zero-order valence-corrected chi connectivity index (χ0v) is 15.1. The molecule has 2 unspecified atom stereocenters. The minimum Gasteiger partial charge on any atom is -0.542 e. The molecule has 0 amide bonds. The largest absolute Gasteiger partial charge is 1.00 e. The fourth-order valence-electron chi connectivity index (χ4n) is 0.956. The molecule has 2 atom stereocenters. The van der Waals surface area contributed by atoms with Gasteiger partial charge in [0, 0.05) is 0 Å². The number of carboxylic acid groups (broad SMARTS) is 1. The molecule has 162 valence electrons. The van der Waals surface area contributed by atoms with E-state index in [9.17, 15) is 71.4 Å². The number of alkyl halides is 15. The Bertz CT molecular complexity index is 575. The van der Waals surface area contributed by atoms with Crippen molar-refractivity contribution in [3.63, 3.8) is 0 Å². The molecule has 0 N–H and O–H groups in total. The quantitative estimate of drug-likeness (QED) is 0.295. The summed E-state index contributed by atoms with van der Waals surface area (Å²) >= 11 is 3.56. The normalized spacial score (nSPS) is 18.7. The average Bonchev–Trinajstić information content (AvgIpc) is 2.33. The maximum Gasteiger partial charge on any atom is 1.00 e. The smallest absolute Gasteiger partial charge is 0.542 e. The average molecular weight is 484 g/mol. The van der Waals surface area contributed by atoms with Crippen molar-refractivity contribution < 1.29 is 110 Å². The van der Waals surface area contributed by atoms with Crippen LogP contribution in [0.4, 0.5) is 61.5 Å². The van der Waals surface area contributed by atoms with E-state index in [1.807, 2.05) is 0 Å². The first-order valence-corrected chi connectivity index (χ1v) is 5.69. The van der Waals surface area contributed by atoms with Gasteiger partial charge in [-0.05, 0) is 0 Å². The first-order valence-electron chi connectivity index (χ1n) is 5.31. The summed E-state index contributed by atoms with van der Waals surface area (Å²) in [5, 5.41) is 3.03. The Labute approximate surface area is 170 Å². The maximum atomic E-state index is 13.4. The zero-order chi connectivity index (χ0) is 22.5. The van der Waals surface area contributed by atoms with Crippen LogP contribution in [0, 0.1) is 0 Å². The first kappa shape index (κ1) is 29.9. The molecule has 0 aliphatic rings. The number of carboxylic acids is 1. The Morgan fingerprint density at radius 2 is 1.04 bits per heavy atom. The number of hydrogen-bond donors (Lipinski definition) is 0. The van der Waals surface area contributed by atoms with E-state index in [1.165, 1.54) is 4.74 Å². The van der Waals surface area contributed by atoms with Crippen molar-refractivity contribution in [2.24, 2.45) is 0 Å². The van der Waals surface area contributed by atoms with E-state index in [4.69, 9.17) is 0 Å². The van der Waals surface area contributed by atoms with Gasteiger partial charge in [-0.25, -0.2) is 9.13 Å². The van der Waals surface area contributed by atoms with E-state index in [2.05, 4.69) is 11.6 Å². The second-order valence-corrected chi connectivity index (χ2v) is 4.73. The molecule has 0 aromatic carbocycles. The molecule has 28 heavy (non-hydrogen) atoms. The summed E-state index contributed by atoms with van der Waals surface area (Å²) in [6.07, 6.45) is -36.1. The van der Waals surface area contributed by atoms with Gasteiger partial charge >= 0.3 is 71.2 Å². The minimum atomic E-state index is -7.62. The summed E-state index contributed by atoms with van der Waals surface area (Å²) in [6.45, 7) is 0. The number of halogens is 15. The Morgan fingerprint density at radius 1 is 0.679 bits per heavy atom. The fourth-order valence-corrected chi connectivity index (χ4v) is 0.995. The standard InChI is InChI=1S/C8HClF14O4.Na/c9-3(12,5(14,15)16)7(20,21)27-8(22,23)4(13,6(17,18)19)26-2(10,11)1(24)25;/h(H,24,25);/q;+1/p-1. The van der Waals surface area contributed by atoms with E-state index in [0.29, 0.717) is 0 Å². The molecule has 20 heteroatoms. The third kappa shape index (κ3) is 5.44.